The Morgan fingerprint density at radius 3 is 2.79 bits per heavy atom. The van der Waals surface area contributed by atoms with Crippen molar-refractivity contribution >= 4 is 0 Å². The first-order chi connectivity index (χ1) is 8.88. The SMILES string of the molecule is CN(Cc1nccn1C)C1(CN)CCOC(C)(C)C1. The summed E-state index contributed by atoms with van der Waals surface area (Å²) in [5.41, 5.74) is 6.01. The summed E-state index contributed by atoms with van der Waals surface area (Å²) >= 11 is 0. The standard InChI is InChI=1S/C14H26N4O/c1-13(2)10-14(11-15,5-8-19-13)18(4)9-12-16-6-7-17(12)3/h6-7H,5,8-11,15H2,1-4H3. The van der Waals surface area contributed by atoms with Gasteiger partial charge in [-0.1, -0.05) is 0 Å². The average Bonchev–Trinajstić information content (AvgIpc) is 2.73. The molecule has 1 aromatic rings. The minimum atomic E-state index is -0.104. The van der Waals surface area contributed by atoms with Gasteiger partial charge in [0.2, 0.25) is 0 Å². The van der Waals surface area contributed by atoms with Crippen LogP contribution in [0.1, 0.15) is 32.5 Å². The fourth-order valence-corrected chi connectivity index (χ4v) is 3.03. The fourth-order valence-electron chi connectivity index (χ4n) is 3.03. The fraction of sp³-hybridized carbons (Fsp3) is 0.786. The Hall–Kier alpha value is -0.910. The summed E-state index contributed by atoms with van der Waals surface area (Å²) in [6, 6.07) is 0. The molecule has 0 saturated carbocycles. The van der Waals surface area contributed by atoms with Gasteiger partial charge in [0, 0.05) is 38.1 Å². The van der Waals surface area contributed by atoms with Crippen molar-refractivity contribution in [3.8, 4) is 0 Å². The lowest BCUT2D eigenvalue weighted by Gasteiger charge is -2.49. The lowest BCUT2D eigenvalue weighted by atomic mass is 9.80. The van der Waals surface area contributed by atoms with Crippen molar-refractivity contribution in [1.29, 1.82) is 0 Å². The molecule has 0 bridgehead atoms. The van der Waals surface area contributed by atoms with Crippen LogP contribution in [0.2, 0.25) is 0 Å². The highest BCUT2D eigenvalue weighted by atomic mass is 16.5. The van der Waals surface area contributed by atoms with Crippen LogP contribution >= 0.6 is 0 Å². The van der Waals surface area contributed by atoms with E-state index in [-0.39, 0.29) is 11.1 Å². The first-order valence-electron chi connectivity index (χ1n) is 6.90. The van der Waals surface area contributed by atoms with Crippen molar-refractivity contribution in [2.75, 3.05) is 20.2 Å². The largest absolute Gasteiger partial charge is 0.375 e. The van der Waals surface area contributed by atoms with Crippen molar-refractivity contribution in [3.63, 3.8) is 0 Å². The second kappa shape index (κ2) is 5.23. The molecule has 2 rings (SSSR count). The summed E-state index contributed by atoms with van der Waals surface area (Å²) in [5, 5.41) is 0. The highest BCUT2D eigenvalue weighted by Crippen LogP contribution is 2.35. The minimum absolute atomic E-state index is 0.00764. The van der Waals surface area contributed by atoms with Crippen LogP contribution in [0.5, 0.6) is 0 Å². The number of aryl methyl sites for hydroxylation is 1. The van der Waals surface area contributed by atoms with Crippen molar-refractivity contribution in [2.24, 2.45) is 12.8 Å². The maximum absolute atomic E-state index is 6.10. The average molecular weight is 266 g/mol. The summed E-state index contributed by atoms with van der Waals surface area (Å²) in [6.07, 6.45) is 5.75. The van der Waals surface area contributed by atoms with Crippen LogP contribution in [0, 0.1) is 0 Å². The Morgan fingerprint density at radius 1 is 1.53 bits per heavy atom. The van der Waals surface area contributed by atoms with E-state index in [1.807, 2.05) is 19.4 Å². The molecule has 19 heavy (non-hydrogen) atoms. The molecule has 0 aromatic carbocycles. The smallest absolute Gasteiger partial charge is 0.122 e. The molecule has 1 aromatic heterocycles. The van der Waals surface area contributed by atoms with E-state index >= 15 is 0 Å². The summed E-state index contributed by atoms with van der Waals surface area (Å²) < 4.78 is 7.89. The van der Waals surface area contributed by atoms with Crippen LogP contribution < -0.4 is 5.73 Å². The third-order valence-corrected chi connectivity index (χ3v) is 4.30. The molecule has 1 aliphatic rings. The topological polar surface area (TPSA) is 56.3 Å². The number of ether oxygens (including phenoxy) is 1. The predicted molar refractivity (Wildman–Crippen MR) is 75.7 cm³/mol. The molecular weight excluding hydrogens is 240 g/mol. The molecule has 0 spiro atoms. The van der Waals surface area contributed by atoms with Crippen LogP contribution in [0.4, 0.5) is 0 Å². The van der Waals surface area contributed by atoms with E-state index in [0.717, 1.165) is 31.8 Å². The van der Waals surface area contributed by atoms with Gasteiger partial charge in [-0.3, -0.25) is 4.90 Å². The van der Waals surface area contributed by atoms with E-state index in [2.05, 4.69) is 35.3 Å². The zero-order valence-electron chi connectivity index (χ0n) is 12.5. The van der Waals surface area contributed by atoms with Crippen molar-refractivity contribution in [1.82, 2.24) is 14.5 Å². The summed E-state index contributed by atoms with van der Waals surface area (Å²) in [7, 11) is 4.17. The zero-order chi connectivity index (χ0) is 14.1. The van der Waals surface area contributed by atoms with E-state index < -0.39 is 0 Å². The highest BCUT2D eigenvalue weighted by molar-refractivity contribution is 5.01. The Bertz CT molecular complexity index is 429. The van der Waals surface area contributed by atoms with Crippen LogP contribution in [-0.2, 0) is 18.3 Å². The molecule has 0 aliphatic carbocycles. The van der Waals surface area contributed by atoms with Gasteiger partial charge in [-0.05, 0) is 33.7 Å². The third-order valence-electron chi connectivity index (χ3n) is 4.30. The predicted octanol–water partition coefficient (Wildman–Crippen LogP) is 1.14. The number of likely N-dealkylation sites (N-methyl/N-ethyl adjacent to an activating group) is 1. The monoisotopic (exact) mass is 266 g/mol. The van der Waals surface area contributed by atoms with Gasteiger partial charge in [-0.15, -0.1) is 0 Å². The lowest BCUT2D eigenvalue weighted by Crippen LogP contribution is -2.59. The van der Waals surface area contributed by atoms with E-state index in [0.29, 0.717) is 6.54 Å². The summed E-state index contributed by atoms with van der Waals surface area (Å²) in [4.78, 5) is 6.75. The van der Waals surface area contributed by atoms with E-state index in [4.69, 9.17) is 10.5 Å². The van der Waals surface area contributed by atoms with E-state index in [1.165, 1.54) is 0 Å². The molecule has 5 heteroatoms. The Balaban J connectivity index is 2.14. The van der Waals surface area contributed by atoms with Gasteiger partial charge < -0.3 is 15.0 Å². The number of rotatable bonds is 4. The number of nitrogens with zero attached hydrogens (tertiary/aromatic N) is 3. The van der Waals surface area contributed by atoms with Gasteiger partial charge in [-0.25, -0.2) is 4.98 Å². The zero-order valence-corrected chi connectivity index (χ0v) is 12.5. The van der Waals surface area contributed by atoms with Crippen molar-refractivity contribution in [2.45, 2.75) is 44.4 Å². The van der Waals surface area contributed by atoms with Crippen molar-refractivity contribution < 1.29 is 4.74 Å². The Morgan fingerprint density at radius 2 is 2.26 bits per heavy atom. The van der Waals surface area contributed by atoms with Gasteiger partial charge in [0.1, 0.15) is 5.82 Å². The second-order valence-corrected chi connectivity index (χ2v) is 6.27. The lowest BCUT2D eigenvalue weighted by molar-refractivity contribution is -0.115. The Labute approximate surface area is 115 Å². The summed E-state index contributed by atoms with van der Waals surface area (Å²) in [5.74, 6) is 1.07. The van der Waals surface area contributed by atoms with Crippen LogP contribution in [0.15, 0.2) is 12.4 Å². The van der Waals surface area contributed by atoms with Crippen LogP contribution in [-0.4, -0.2) is 45.8 Å². The molecule has 1 atom stereocenters. The molecule has 2 N–H and O–H groups in total. The normalized spacial score (nSPS) is 26.8. The number of nitrogens with two attached hydrogens (primary N) is 1. The maximum atomic E-state index is 6.10. The van der Waals surface area contributed by atoms with E-state index in [9.17, 15) is 0 Å². The minimum Gasteiger partial charge on any atom is -0.375 e. The maximum Gasteiger partial charge on any atom is 0.122 e. The van der Waals surface area contributed by atoms with Crippen LogP contribution in [0.3, 0.4) is 0 Å². The number of hydrogen-bond donors (Lipinski definition) is 1. The molecule has 2 heterocycles. The van der Waals surface area contributed by atoms with Gasteiger partial charge in [0.15, 0.2) is 0 Å². The first-order valence-corrected chi connectivity index (χ1v) is 6.90. The molecule has 108 valence electrons. The van der Waals surface area contributed by atoms with E-state index in [1.54, 1.807) is 0 Å². The molecule has 1 fully saturated rings. The second-order valence-electron chi connectivity index (χ2n) is 6.27. The molecule has 5 nitrogen and oxygen atoms in total. The molecule has 1 unspecified atom stereocenters. The third kappa shape index (κ3) is 2.99. The number of aromatic nitrogens is 2. The summed E-state index contributed by atoms with van der Waals surface area (Å²) in [6.45, 7) is 6.53. The molecule has 1 saturated heterocycles. The quantitative estimate of drug-likeness (QED) is 0.888. The van der Waals surface area contributed by atoms with Gasteiger partial charge in [0.25, 0.3) is 0 Å². The first kappa shape index (κ1) is 14.5. The highest BCUT2D eigenvalue weighted by Gasteiger charge is 2.42. The molecule has 0 radical (unpaired) electrons. The van der Waals surface area contributed by atoms with Crippen LogP contribution in [0.25, 0.3) is 0 Å². The van der Waals surface area contributed by atoms with Gasteiger partial charge in [0.05, 0.1) is 12.1 Å². The molecular formula is C14H26N4O. The van der Waals surface area contributed by atoms with Gasteiger partial charge >= 0.3 is 0 Å². The number of hydrogen-bond acceptors (Lipinski definition) is 4. The number of imidazole rings is 1. The van der Waals surface area contributed by atoms with Gasteiger partial charge in [-0.2, -0.15) is 0 Å². The molecule has 0 amide bonds. The van der Waals surface area contributed by atoms with Crippen molar-refractivity contribution in [3.05, 3.63) is 18.2 Å². The molecule has 1 aliphatic heterocycles. The Kier molecular flexibility index (Phi) is 3.99.